The van der Waals surface area contributed by atoms with Crippen molar-refractivity contribution in [3.63, 3.8) is 0 Å². The number of hydrogen-bond donors (Lipinski definition) is 0. The van der Waals surface area contributed by atoms with Crippen molar-refractivity contribution in [3.8, 4) is 5.75 Å². The molecule has 4 rings (SSSR count). The Kier molecular flexibility index (Phi) is 8.68. The van der Waals surface area contributed by atoms with Crippen LogP contribution in [-0.2, 0) is 28.6 Å². The minimum absolute atomic E-state index is 0.00572. The average molecular weight is 546 g/mol. The van der Waals surface area contributed by atoms with Crippen LogP contribution in [0.25, 0.3) is 0 Å². The van der Waals surface area contributed by atoms with Gasteiger partial charge in [0.15, 0.2) is 6.61 Å². The molecule has 1 aromatic rings. The fourth-order valence-corrected chi connectivity index (χ4v) is 5.09. The molecule has 0 radical (unpaired) electrons. The number of benzene rings is 1. The zero-order chi connectivity index (χ0) is 28.3. The third-order valence-electron chi connectivity index (χ3n) is 7.03. The minimum Gasteiger partial charge on any atom is -0.482 e. The van der Waals surface area contributed by atoms with E-state index in [1.807, 2.05) is 12.1 Å². The topological polar surface area (TPSA) is 115 Å². The number of carbonyl (C=O) groups is 4. The third kappa shape index (κ3) is 6.81. The van der Waals surface area contributed by atoms with Crippen LogP contribution in [0, 0.1) is 11.8 Å². The first kappa shape index (κ1) is 28.7. The summed E-state index contributed by atoms with van der Waals surface area (Å²) in [5.74, 6) is -1.47. The molecule has 2 heterocycles. The number of esters is 1. The number of hydrogen-bond acceptors (Lipinski definition) is 8. The van der Waals surface area contributed by atoms with E-state index < -0.39 is 29.5 Å². The molecule has 1 saturated carbocycles. The first-order chi connectivity index (χ1) is 18.5. The van der Waals surface area contributed by atoms with Crippen LogP contribution in [0.2, 0.25) is 0 Å². The molecule has 1 aromatic carbocycles. The molecule has 11 nitrogen and oxygen atoms in total. The fraction of sp³-hybridized carbons (Fsp3) is 0.643. The Morgan fingerprint density at radius 2 is 1.82 bits per heavy atom. The molecular weight excluding hydrogens is 506 g/mol. The summed E-state index contributed by atoms with van der Waals surface area (Å²) in [6.45, 7) is 6.53. The van der Waals surface area contributed by atoms with E-state index in [0.29, 0.717) is 36.7 Å². The molecule has 11 heteroatoms. The summed E-state index contributed by atoms with van der Waals surface area (Å²) in [5, 5.41) is 0. The third-order valence-corrected chi connectivity index (χ3v) is 7.03. The molecule has 1 saturated heterocycles. The summed E-state index contributed by atoms with van der Waals surface area (Å²) in [4.78, 5) is 57.1. The summed E-state index contributed by atoms with van der Waals surface area (Å²) in [6, 6.07) is 5.44. The van der Waals surface area contributed by atoms with Gasteiger partial charge in [0.2, 0.25) is 5.91 Å². The molecule has 1 aliphatic carbocycles. The predicted molar refractivity (Wildman–Crippen MR) is 143 cm³/mol. The van der Waals surface area contributed by atoms with Gasteiger partial charge in [0.25, 0.3) is 5.91 Å². The molecule has 0 bridgehead atoms. The van der Waals surface area contributed by atoms with Crippen molar-refractivity contribution in [2.75, 3.05) is 56.9 Å². The van der Waals surface area contributed by atoms with E-state index in [9.17, 15) is 19.2 Å². The second kappa shape index (κ2) is 11.8. The van der Waals surface area contributed by atoms with Crippen molar-refractivity contribution in [1.82, 2.24) is 4.90 Å². The minimum atomic E-state index is -0.716. The maximum atomic E-state index is 14.1. The molecule has 39 heavy (non-hydrogen) atoms. The van der Waals surface area contributed by atoms with Crippen molar-refractivity contribution in [2.45, 2.75) is 58.1 Å². The van der Waals surface area contributed by atoms with Gasteiger partial charge in [-0.15, -0.1) is 0 Å². The molecule has 0 N–H and O–H groups in total. The fourth-order valence-electron chi connectivity index (χ4n) is 5.09. The second-order valence-corrected chi connectivity index (χ2v) is 11.3. The molecular formula is C28H39N3O8. The molecule has 3 aliphatic rings. The smallest absolute Gasteiger partial charge is 0.410 e. The highest BCUT2D eigenvalue weighted by molar-refractivity contribution is 6.01. The Morgan fingerprint density at radius 1 is 1.10 bits per heavy atom. The lowest BCUT2D eigenvalue weighted by molar-refractivity contribution is -0.148. The largest absolute Gasteiger partial charge is 0.482 e. The number of carbonyl (C=O) groups excluding carboxylic acids is 4. The number of fused-ring (bicyclic) bond motifs is 1. The van der Waals surface area contributed by atoms with Gasteiger partial charge in [-0.1, -0.05) is 0 Å². The lowest BCUT2D eigenvalue weighted by atomic mass is 9.88. The van der Waals surface area contributed by atoms with Gasteiger partial charge in [0.1, 0.15) is 11.4 Å². The van der Waals surface area contributed by atoms with Crippen LogP contribution in [-0.4, -0.2) is 87.5 Å². The van der Waals surface area contributed by atoms with Crippen LogP contribution in [0.3, 0.4) is 0 Å². The number of ether oxygens (including phenoxy) is 4. The predicted octanol–water partition coefficient (Wildman–Crippen LogP) is 2.99. The number of nitrogens with zero attached hydrogens (tertiary/aromatic N) is 3. The SMILES string of the molecule is COCCCN1C(=O)COc2ccc(N(C(=O)[C@@H]3C[C@H](C(=O)OC)CN(C(=O)OC(C)(C)C)C3)C3CC3)cc21. The van der Waals surface area contributed by atoms with Gasteiger partial charge < -0.3 is 33.6 Å². The summed E-state index contributed by atoms with van der Waals surface area (Å²) in [6.07, 6.45) is 2.05. The number of methoxy groups -OCH3 is 2. The van der Waals surface area contributed by atoms with Crippen molar-refractivity contribution in [3.05, 3.63) is 18.2 Å². The first-order valence-electron chi connectivity index (χ1n) is 13.5. The van der Waals surface area contributed by atoms with Crippen molar-refractivity contribution in [1.29, 1.82) is 0 Å². The summed E-state index contributed by atoms with van der Waals surface area (Å²) < 4.78 is 21.3. The summed E-state index contributed by atoms with van der Waals surface area (Å²) in [7, 11) is 2.92. The van der Waals surface area contributed by atoms with E-state index in [4.69, 9.17) is 18.9 Å². The Balaban J connectivity index is 1.61. The lowest BCUT2D eigenvalue weighted by Crippen LogP contribution is -2.52. The van der Waals surface area contributed by atoms with Crippen LogP contribution >= 0.6 is 0 Å². The summed E-state index contributed by atoms with van der Waals surface area (Å²) >= 11 is 0. The van der Waals surface area contributed by atoms with E-state index in [1.54, 1.807) is 43.7 Å². The van der Waals surface area contributed by atoms with Gasteiger partial charge in [0, 0.05) is 45.1 Å². The van der Waals surface area contributed by atoms with Crippen LogP contribution in [0.1, 0.15) is 46.5 Å². The van der Waals surface area contributed by atoms with Gasteiger partial charge in [-0.05, 0) is 64.7 Å². The maximum absolute atomic E-state index is 14.1. The highest BCUT2D eigenvalue weighted by Gasteiger charge is 2.44. The molecule has 0 spiro atoms. The van der Waals surface area contributed by atoms with Crippen LogP contribution in [0.4, 0.5) is 16.2 Å². The number of likely N-dealkylation sites (tertiary alicyclic amines) is 1. The average Bonchev–Trinajstić information content (AvgIpc) is 3.73. The second-order valence-electron chi connectivity index (χ2n) is 11.3. The Hall–Kier alpha value is -3.34. The van der Waals surface area contributed by atoms with E-state index in [-0.39, 0.29) is 44.0 Å². The number of rotatable bonds is 8. The van der Waals surface area contributed by atoms with Crippen LogP contribution in [0.15, 0.2) is 18.2 Å². The van der Waals surface area contributed by atoms with E-state index >= 15 is 0 Å². The van der Waals surface area contributed by atoms with E-state index in [0.717, 1.165) is 12.8 Å². The summed E-state index contributed by atoms with van der Waals surface area (Å²) in [5.41, 5.74) is 0.553. The van der Waals surface area contributed by atoms with E-state index in [2.05, 4.69) is 0 Å². The molecule has 3 amide bonds. The molecule has 214 valence electrons. The normalized spacial score (nSPS) is 21.1. The van der Waals surface area contributed by atoms with Gasteiger partial charge >= 0.3 is 12.1 Å². The van der Waals surface area contributed by atoms with E-state index in [1.165, 1.54) is 12.0 Å². The molecule has 0 unspecified atom stereocenters. The number of piperidine rings is 1. The quantitative estimate of drug-likeness (QED) is 0.362. The number of amides is 3. The van der Waals surface area contributed by atoms with Crippen molar-refractivity contribution >= 4 is 35.3 Å². The van der Waals surface area contributed by atoms with Gasteiger partial charge in [-0.3, -0.25) is 14.4 Å². The molecule has 0 aromatic heterocycles. The highest BCUT2D eigenvalue weighted by atomic mass is 16.6. The maximum Gasteiger partial charge on any atom is 0.410 e. The first-order valence-corrected chi connectivity index (χ1v) is 13.5. The zero-order valence-corrected chi connectivity index (χ0v) is 23.4. The standard InChI is InChI=1S/C28H39N3O8/c1-28(2,3)39-27(35)29-15-18(13-19(16-29)26(34)37-5)25(33)31(20-7-8-20)21-9-10-23-22(14-21)30(11-6-12-36-4)24(32)17-38-23/h9-10,14,18-20H,6-8,11-13,15-17H2,1-5H3/t18-,19+/m1/s1. The Labute approximate surface area is 229 Å². The zero-order valence-electron chi connectivity index (χ0n) is 23.4. The molecule has 2 fully saturated rings. The van der Waals surface area contributed by atoms with Crippen molar-refractivity contribution < 1.29 is 38.1 Å². The Morgan fingerprint density at radius 3 is 2.46 bits per heavy atom. The monoisotopic (exact) mass is 545 g/mol. The van der Waals surface area contributed by atoms with Crippen LogP contribution < -0.4 is 14.5 Å². The van der Waals surface area contributed by atoms with Crippen LogP contribution in [0.5, 0.6) is 5.75 Å². The number of anilines is 2. The lowest BCUT2D eigenvalue weighted by Gasteiger charge is -2.39. The molecule has 2 atom stereocenters. The van der Waals surface area contributed by atoms with Gasteiger partial charge in [0.05, 0.1) is 24.6 Å². The highest BCUT2D eigenvalue weighted by Crippen LogP contribution is 2.40. The molecule has 2 aliphatic heterocycles. The van der Waals surface area contributed by atoms with Crippen molar-refractivity contribution in [2.24, 2.45) is 11.8 Å². The Bertz CT molecular complexity index is 1100. The van der Waals surface area contributed by atoms with Gasteiger partial charge in [-0.2, -0.15) is 0 Å². The van der Waals surface area contributed by atoms with Gasteiger partial charge in [-0.25, -0.2) is 4.79 Å².